The number of methoxy groups -OCH3 is 4. The van der Waals surface area contributed by atoms with Gasteiger partial charge in [-0.15, -0.1) is 0 Å². The summed E-state index contributed by atoms with van der Waals surface area (Å²) >= 11 is 0. The van der Waals surface area contributed by atoms with Crippen LogP contribution >= 0.6 is 0 Å². The molecule has 10 rings (SSSR count). The quantitative estimate of drug-likeness (QED) is 0.181. The van der Waals surface area contributed by atoms with E-state index in [0.29, 0.717) is 5.75 Å². The van der Waals surface area contributed by atoms with Crippen molar-refractivity contribution in [2.75, 3.05) is 28.4 Å². The van der Waals surface area contributed by atoms with Crippen molar-refractivity contribution in [3.05, 3.63) is 174 Å². The first-order valence-electron chi connectivity index (χ1n) is 26.1. The van der Waals surface area contributed by atoms with E-state index in [0.717, 1.165) is 112 Å². The second-order valence-electron chi connectivity index (χ2n) is 20.7. The number of imidazole rings is 2. The summed E-state index contributed by atoms with van der Waals surface area (Å²) in [5.41, 5.74) is 21.3. The normalized spacial score (nSPS) is 10.9. The molecule has 1 N–H and O–H groups in total. The highest BCUT2D eigenvalue weighted by atomic mass is 16.5. The summed E-state index contributed by atoms with van der Waals surface area (Å²) in [5, 5.41) is 2.69. The lowest BCUT2D eigenvalue weighted by atomic mass is 9.99. The molecule has 0 saturated carbocycles. The summed E-state index contributed by atoms with van der Waals surface area (Å²) in [6.45, 7) is 28.3. The van der Waals surface area contributed by atoms with Gasteiger partial charge in [-0.2, -0.15) is 0 Å². The molecule has 79 heavy (non-hydrogen) atoms. The molecule has 0 radical (unpaired) electrons. The molecule has 0 saturated heterocycles. The van der Waals surface area contributed by atoms with Crippen LogP contribution in [0.5, 0.6) is 23.0 Å². The second-order valence-corrected chi connectivity index (χ2v) is 20.7. The summed E-state index contributed by atoms with van der Waals surface area (Å²) in [7, 11) is 16.1. The fourth-order valence-electron chi connectivity index (χ4n) is 10.3. The van der Waals surface area contributed by atoms with E-state index in [1.54, 1.807) is 69.9 Å². The van der Waals surface area contributed by atoms with Gasteiger partial charge in [0.1, 0.15) is 39.9 Å². The van der Waals surface area contributed by atoms with Gasteiger partial charge in [0.15, 0.2) is 10.9 Å². The van der Waals surface area contributed by atoms with E-state index in [4.69, 9.17) is 18.9 Å². The Kier molecular flexibility index (Phi) is 18.0. The van der Waals surface area contributed by atoms with Gasteiger partial charge in [0.25, 0.3) is 5.56 Å². The van der Waals surface area contributed by atoms with Gasteiger partial charge in [0, 0.05) is 75.6 Å². The largest absolute Gasteiger partial charge is 0.495 e. The Morgan fingerprint density at radius 2 is 0.835 bits per heavy atom. The molecular weight excluding hydrogens is 995 g/mol. The smallest absolute Gasteiger partial charge is 0.326 e. The lowest BCUT2D eigenvalue weighted by Gasteiger charge is -2.15. The average molecular weight is 1070 g/mol. The highest BCUT2D eigenvalue weighted by Crippen LogP contribution is 2.34. The van der Waals surface area contributed by atoms with Crippen molar-refractivity contribution in [1.82, 2.24) is 32.8 Å². The van der Waals surface area contributed by atoms with Crippen LogP contribution in [0.1, 0.15) is 78.4 Å². The zero-order chi connectivity index (χ0) is 59.0. The van der Waals surface area contributed by atoms with Crippen LogP contribution in [0.3, 0.4) is 0 Å². The number of aryl methyl sites for hydroxylation is 19. The zero-order valence-electron chi connectivity index (χ0n) is 50.6. The third kappa shape index (κ3) is 11.2. The van der Waals surface area contributed by atoms with Gasteiger partial charge in [0.2, 0.25) is 0 Å². The SMILES string of the molecule is COc1cc(C)c(C)c2c(=O)cc(C)n(C)c12.COc1cc(C)c(C)c2c(C)cc(=O)n(C)c12.COc1cc(C)c(C)c2c1[nH]c(=O)n2C.COc1cc(C)c(C)c2c1nc(C)n2C.Cc1ccc2c(=O)cc(C)n(C)c2c1C. The van der Waals surface area contributed by atoms with E-state index in [1.807, 2.05) is 117 Å². The Labute approximate surface area is 462 Å². The van der Waals surface area contributed by atoms with E-state index in [9.17, 15) is 19.2 Å². The number of hydrogen-bond donors (Lipinski definition) is 1. The predicted molar refractivity (Wildman–Crippen MR) is 324 cm³/mol. The van der Waals surface area contributed by atoms with Gasteiger partial charge in [-0.05, 0) is 188 Å². The Hall–Kier alpha value is -8.33. The van der Waals surface area contributed by atoms with Crippen molar-refractivity contribution in [2.24, 2.45) is 35.2 Å². The van der Waals surface area contributed by atoms with Gasteiger partial charge < -0.3 is 42.2 Å². The minimum atomic E-state index is -0.114. The Morgan fingerprint density at radius 3 is 1.38 bits per heavy atom. The minimum absolute atomic E-state index is 0.00319. The molecule has 0 aliphatic heterocycles. The summed E-state index contributed by atoms with van der Waals surface area (Å²) in [5.74, 6) is 4.09. The molecule has 0 amide bonds. The number of nitrogens with one attached hydrogen (secondary N) is 1. The summed E-state index contributed by atoms with van der Waals surface area (Å²) in [6.07, 6.45) is 0. The first kappa shape index (κ1) is 59.9. The average Bonchev–Trinajstić information content (AvgIpc) is 3.89. The maximum absolute atomic E-state index is 12.1. The van der Waals surface area contributed by atoms with Crippen LogP contribution in [-0.4, -0.2) is 61.2 Å². The number of benzene rings is 5. The molecule has 0 aliphatic rings. The molecule has 15 heteroatoms. The number of pyridine rings is 3. The van der Waals surface area contributed by atoms with Crippen molar-refractivity contribution in [2.45, 2.75) is 96.9 Å². The number of fused-ring (bicyclic) bond motifs is 5. The molecule has 5 heterocycles. The minimum Gasteiger partial charge on any atom is -0.495 e. The number of aromatic amines is 1. The van der Waals surface area contributed by atoms with Gasteiger partial charge in [-0.25, -0.2) is 9.78 Å². The lowest BCUT2D eigenvalue weighted by Crippen LogP contribution is -2.17. The highest BCUT2D eigenvalue weighted by molar-refractivity contribution is 5.92. The molecule has 0 unspecified atom stereocenters. The summed E-state index contributed by atoms with van der Waals surface area (Å²) in [4.78, 5) is 54.6. The molecule has 418 valence electrons. The van der Waals surface area contributed by atoms with Gasteiger partial charge in [-0.3, -0.25) is 19.0 Å². The van der Waals surface area contributed by atoms with E-state index >= 15 is 0 Å². The van der Waals surface area contributed by atoms with Crippen LogP contribution < -0.4 is 41.1 Å². The van der Waals surface area contributed by atoms with Crippen LogP contribution in [0.25, 0.3) is 54.8 Å². The first-order valence-corrected chi connectivity index (χ1v) is 26.1. The molecule has 5 aromatic carbocycles. The van der Waals surface area contributed by atoms with E-state index in [1.165, 1.54) is 38.9 Å². The van der Waals surface area contributed by atoms with Crippen LogP contribution in [0.2, 0.25) is 0 Å². The van der Waals surface area contributed by atoms with Crippen LogP contribution in [0.15, 0.2) is 73.8 Å². The third-order valence-corrected chi connectivity index (χ3v) is 16.0. The maximum atomic E-state index is 12.1. The van der Waals surface area contributed by atoms with E-state index in [-0.39, 0.29) is 22.1 Å². The van der Waals surface area contributed by atoms with Crippen LogP contribution in [0, 0.1) is 96.9 Å². The maximum Gasteiger partial charge on any atom is 0.326 e. The number of nitrogens with zero attached hydrogens (tertiary/aromatic N) is 6. The molecule has 0 atom stereocenters. The van der Waals surface area contributed by atoms with E-state index in [2.05, 4.69) is 60.6 Å². The van der Waals surface area contributed by atoms with Crippen molar-refractivity contribution in [1.29, 1.82) is 0 Å². The molecule has 0 bridgehead atoms. The molecule has 0 fully saturated rings. The Morgan fingerprint density at radius 1 is 0.392 bits per heavy atom. The molecular formula is C64H79N7O8. The number of aromatic nitrogens is 7. The lowest BCUT2D eigenvalue weighted by molar-refractivity contribution is 0.417. The molecule has 0 spiro atoms. The zero-order valence-corrected chi connectivity index (χ0v) is 50.6. The predicted octanol–water partition coefficient (Wildman–Crippen LogP) is 11.4. The second kappa shape index (κ2) is 23.7. The fourth-order valence-corrected chi connectivity index (χ4v) is 10.3. The van der Waals surface area contributed by atoms with Gasteiger partial charge >= 0.3 is 5.69 Å². The molecule has 5 aromatic heterocycles. The number of ether oxygens (including phenoxy) is 4. The Bertz CT molecular complexity index is 4250. The number of hydrogen-bond acceptors (Lipinski definition) is 9. The standard InChI is InChI=1S/2C14H17NO2.C13H15NO.C12H16N2O.C11H14N2O2/c1-8-6-12(17-5)14-13(10(8)3)11(16)7-9(2)15(14)4;1-8-6-11(17-5)14-13(10(8)3)9(2)7-12(16)15(14)4;1-8-5-6-11-12(15)7-9(2)14(4)13(11)10(8)3;1-7-6-10(15-5)11-12(8(7)2)14(4)9(3)13-11;1-6-5-8(15-4)9-10(7(6)2)13(3)11(14)12-9/h2*6-7H,1-5H3;5-7H,1-4H3;6H,1-5H3;5H,1-4H3,(H,12,14). The highest BCUT2D eigenvalue weighted by Gasteiger charge is 2.17. The Balaban J connectivity index is 0.000000160. The van der Waals surface area contributed by atoms with Crippen LogP contribution in [-0.2, 0) is 35.2 Å². The van der Waals surface area contributed by atoms with Crippen molar-refractivity contribution in [3.63, 3.8) is 0 Å². The summed E-state index contributed by atoms with van der Waals surface area (Å²) in [6, 6.07) is 16.9. The van der Waals surface area contributed by atoms with Crippen LogP contribution in [0.4, 0.5) is 0 Å². The summed E-state index contributed by atoms with van der Waals surface area (Å²) < 4.78 is 30.8. The monoisotopic (exact) mass is 1070 g/mol. The molecule has 15 nitrogen and oxygen atoms in total. The third-order valence-electron chi connectivity index (χ3n) is 16.0. The van der Waals surface area contributed by atoms with Gasteiger partial charge in [0.05, 0.1) is 61.4 Å². The first-order chi connectivity index (χ1) is 37.1. The number of rotatable bonds is 4. The van der Waals surface area contributed by atoms with Crippen molar-refractivity contribution >= 4 is 54.8 Å². The van der Waals surface area contributed by atoms with Gasteiger partial charge in [-0.1, -0.05) is 6.07 Å². The van der Waals surface area contributed by atoms with E-state index < -0.39 is 0 Å². The molecule has 10 aromatic rings. The topological polar surface area (TPSA) is 159 Å². The molecule has 0 aliphatic carbocycles. The number of H-pyrrole nitrogens is 1. The van der Waals surface area contributed by atoms with Crippen molar-refractivity contribution < 1.29 is 18.9 Å². The fraction of sp³-hybridized carbons (Fsp3) is 0.359. The van der Waals surface area contributed by atoms with Crippen molar-refractivity contribution in [3.8, 4) is 23.0 Å².